The lowest BCUT2D eigenvalue weighted by Crippen LogP contribution is -2.44. The van der Waals surface area contributed by atoms with Crippen LogP contribution in [0.2, 0.25) is 0 Å². The standard InChI is InChI=1S/C13H23NO6/c1-9(5-11(15)16)6-13(19)20-10(7-12(17)18)8-14(2,3)4/h9-10H,5-8H2,1-4H3,(H-,15,16,17,18)/t9-,10-/m1/s1. The largest absolute Gasteiger partial charge is 0.550 e. The molecule has 116 valence electrons. The van der Waals surface area contributed by atoms with Crippen molar-refractivity contribution in [2.45, 2.75) is 32.3 Å². The Bertz CT molecular complexity index is 360. The SMILES string of the molecule is C[C@H](CC(=O)[O-])CC(=O)O[C@H](CC(=O)O)C[N+](C)(C)C. The maximum atomic E-state index is 11.7. The molecule has 0 unspecified atom stereocenters. The first-order chi connectivity index (χ1) is 8.99. The Kier molecular flexibility index (Phi) is 7.20. The van der Waals surface area contributed by atoms with Crippen molar-refractivity contribution < 1.29 is 33.8 Å². The Morgan fingerprint density at radius 3 is 2.10 bits per heavy atom. The summed E-state index contributed by atoms with van der Waals surface area (Å²) in [5, 5.41) is 19.2. The highest BCUT2D eigenvalue weighted by atomic mass is 16.5. The number of carbonyl (C=O) groups excluding carboxylic acids is 2. The number of carboxylic acid groups (broad SMARTS) is 2. The van der Waals surface area contributed by atoms with Crippen molar-refractivity contribution in [2.24, 2.45) is 5.92 Å². The lowest BCUT2D eigenvalue weighted by molar-refractivity contribution is -0.873. The van der Waals surface area contributed by atoms with Gasteiger partial charge in [0.1, 0.15) is 6.54 Å². The van der Waals surface area contributed by atoms with Crippen molar-refractivity contribution >= 4 is 17.9 Å². The Labute approximate surface area is 118 Å². The fraction of sp³-hybridized carbons (Fsp3) is 0.769. The smallest absolute Gasteiger partial charge is 0.307 e. The van der Waals surface area contributed by atoms with Crippen molar-refractivity contribution in [1.82, 2.24) is 0 Å². The number of aliphatic carboxylic acids is 2. The Hall–Kier alpha value is -1.63. The van der Waals surface area contributed by atoms with Crippen LogP contribution < -0.4 is 5.11 Å². The Balaban J connectivity index is 4.45. The molecule has 1 N–H and O–H groups in total. The molecular formula is C13H23NO6. The van der Waals surface area contributed by atoms with E-state index in [0.717, 1.165) is 0 Å². The fourth-order valence-electron chi connectivity index (χ4n) is 1.82. The summed E-state index contributed by atoms with van der Waals surface area (Å²) < 4.78 is 5.60. The van der Waals surface area contributed by atoms with Crippen LogP contribution in [0.15, 0.2) is 0 Å². The number of carbonyl (C=O) groups is 3. The molecule has 0 aromatic rings. The molecule has 0 radical (unpaired) electrons. The molecule has 7 heteroatoms. The summed E-state index contributed by atoms with van der Waals surface area (Å²) in [6.07, 6.45) is -1.29. The van der Waals surface area contributed by atoms with Gasteiger partial charge in [0.05, 0.1) is 27.6 Å². The monoisotopic (exact) mass is 289 g/mol. The third-order valence-electron chi connectivity index (χ3n) is 2.48. The lowest BCUT2D eigenvalue weighted by Gasteiger charge is -2.28. The van der Waals surface area contributed by atoms with Crippen molar-refractivity contribution in [2.75, 3.05) is 27.7 Å². The third-order valence-corrected chi connectivity index (χ3v) is 2.48. The molecule has 0 heterocycles. The summed E-state index contributed by atoms with van der Waals surface area (Å²) in [5.41, 5.74) is 0. The lowest BCUT2D eigenvalue weighted by atomic mass is 10.0. The van der Waals surface area contributed by atoms with E-state index in [2.05, 4.69) is 0 Å². The van der Waals surface area contributed by atoms with Crippen LogP contribution in [-0.4, -0.2) is 61.3 Å². The highest BCUT2D eigenvalue weighted by molar-refractivity contribution is 5.72. The zero-order chi connectivity index (χ0) is 15.9. The molecule has 0 aliphatic heterocycles. The number of likely N-dealkylation sites (N-methyl/N-ethyl adjacent to an activating group) is 1. The van der Waals surface area contributed by atoms with Gasteiger partial charge in [0.25, 0.3) is 0 Å². The molecular weight excluding hydrogens is 266 g/mol. The van der Waals surface area contributed by atoms with Crippen LogP contribution in [0.5, 0.6) is 0 Å². The van der Waals surface area contributed by atoms with Gasteiger partial charge in [-0.25, -0.2) is 0 Å². The van der Waals surface area contributed by atoms with E-state index >= 15 is 0 Å². The summed E-state index contributed by atoms with van der Waals surface area (Å²) in [5.74, 6) is -3.25. The van der Waals surface area contributed by atoms with Crippen LogP contribution in [0.25, 0.3) is 0 Å². The van der Waals surface area contributed by atoms with E-state index in [-0.39, 0.29) is 19.3 Å². The van der Waals surface area contributed by atoms with Gasteiger partial charge in [0.2, 0.25) is 0 Å². The highest BCUT2D eigenvalue weighted by Crippen LogP contribution is 2.11. The van der Waals surface area contributed by atoms with Gasteiger partial charge in [-0.2, -0.15) is 0 Å². The molecule has 20 heavy (non-hydrogen) atoms. The first-order valence-corrected chi connectivity index (χ1v) is 6.41. The maximum absolute atomic E-state index is 11.7. The van der Waals surface area contributed by atoms with Gasteiger partial charge in [0, 0.05) is 12.4 Å². The molecule has 7 nitrogen and oxygen atoms in total. The summed E-state index contributed by atoms with van der Waals surface area (Å²) in [4.78, 5) is 32.8. The zero-order valence-corrected chi connectivity index (χ0v) is 12.4. The molecule has 0 saturated heterocycles. The molecule has 0 bridgehead atoms. The predicted molar refractivity (Wildman–Crippen MR) is 68.4 cm³/mol. The molecule has 0 rings (SSSR count). The summed E-state index contributed by atoms with van der Waals surface area (Å²) in [6, 6.07) is 0. The molecule has 2 atom stereocenters. The highest BCUT2D eigenvalue weighted by Gasteiger charge is 2.25. The summed E-state index contributed by atoms with van der Waals surface area (Å²) in [6.45, 7) is 1.97. The van der Waals surface area contributed by atoms with Crippen LogP contribution in [0.4, 0.5) is 0 Å². The van der Waals surface area contributed by atoms with Gasteiger partial charge in [-0.3, -0.25) is 9.59 Å². The Morgan fingerprint density at radius 2 is 1.70 bits per heavy atom. The Morgan fingerprint density at radius 1 is 1.15 bits per heavy atom. The second-order valence-electron chi connectivity index (χ2n) is 6.07. The fourth-order valence-corrected chi connectivity index (χ4v) is 1.82. The minimum absolute atomic E-state index is 0.0682. The first kappa shape index (κ1) is 18.4. The normalized spacial score (nSPS) is 14.4. The van der Waals surface area contributed by atoms with E-state index in [4.69, 9.17) is 9.84 Å². The molecule has 0 aliphatic carbocycles. The number of esters is 1. The van der Waals surface area contributed by atoms with Gasteiger partial charge < -0.3 is 24.2 Å². The van der Waals surface area contributed by atoms with E-state index in [0.29, 0.717) is 11.0 Å². The number of rotatable bonds is 9. The number of quaternary nitrogens is 1. The van der Waals surface area contributed by atoms with Crippen molar-refractivity contribution in [3.63, 3.8) is 0 Å². The quantitative estimate of drug-likeness (QED) is 0.442. The molecule has 0 aliphatic rings. The first-order valence-electron chi connectivity index (χ1n) is 6.41. The number of carboxylic acids is 2. The molecule has 0 aromatic carbocycles. The predicted octanol–water partition coefficient (Wildman–Crippen LogP) is -0.755. The average Bonchev–Trinajstić information content (AvgIpc) is 2.09. The van der Waals surface area contributed by atoms with Crippen LogP contribution in [0, 0.1) is 5.92 Å². The van der Waals surface area contributed by atoms with Gasteiger partial charge in [-0.05, 0) is 12.3 Å². The number of hydrogen-bond donors (Lipinski definition) is 1. The van der Waals surface area contributed by atoms with E-state index in [1.54, 1.807) is 6.92 Å². The minimum atomic E-state index is -1.22. The van der Waals surface area contributed by atoms with E-state index in [1.807, 2.05) is 21.1 Å². The maximum Gasteiger partial charge on any atom is 0.307 e. The molecule has 0 aromatic heterocycles. The van der Waals surface area contributed by atoms with E-state index in [9.17, 15) is 19.5 Å². The third kappa shape index (κ3) is 10.3. The zero-order valence-electron chi connectivity index (χ0n) is 12.4. The number of hydrogen-bond acceptors (Lipinski definition) is 5. The minimum Gasteiger partial charge on any atom is -0.550 e. The van der Waals surface area contributed by atoms with Crippen molar-refractivity contribution in [3.05, 3.63) is 0 Å². The number of ether oxygens (including phenoxy) is 1. The average molecular weight is 289 g/mol. The summed E-state index contributed by atoms with van der Waals surface area (Å²) in [7, 11) is 5.59. The van der Waals surface area contributed by atoms with Gasteiger partial charge >= 0.3 is 11.9 Å². The van der Waals surface area contributed by atoms with E-state index < -0.39 is 29.9 Å². The molecule has 0 amide bonds. The molecule has 0 fully saturated rings. The topological polar surface area (TPSA) is 104 Å². The second-order valence-corrected chi connectivity index (χ2v) is 6.07. The van der Waals surface area contributed by atoms with Gasteiger partial charge in [-0.15, -0.1) is 0 Å². The van der Waals surface area contributed by atoms with Crippen LogP contribution in [0.3, 0.4) is 0 Å². The van der Waals surface area contributed by atoms with Gasteiger partial charge in [0.15, 0.2) is 6.10 Å². The van der Waals surface area contributed by atoms with Crippen LogP contribution in [0.1, 0.15) is 26.2 Å². The van der Waals surface area contributed by atoms with Crippen LogP contribution in [-0.2, 0) is 19.1 Å². The van der Waals surface area contributed by atoms with Crippen molar-refractivity contribution in [3.8, 4) is 0 Å². The number of nitrogens with zero attached hydrogens (tertiary/aromatic N) is 1. The van der Waals surface area contributed by atoms with Crippen molar-refractivity contribution in [1.29, 1.82) is 0 Å². The van der Waals surface area contributed by atoms with Gasteiger partial charge in [-0.1, -0.05) is 6.92 Å². The van der Waals surface area contributed by atoms with Crippen LogP contribution >= 0.6 is 0 Å². The molecule has 0 saturated carbocycles. The van der Waals surface area contributed by atoms with E-state index in [1.165, 1.54) is 0 Å². The second kappa shape index (κ2) is 7.84. The molecule has 0 spiro atoms. The summed E-state index contributed by atoms with van der Waals surface area (Å²) >= 11 is 0.